The van der Waals surface area contributed by atoms with Crippen molar-refractivity contribution in [2.45, 2.75) is 83.7 Å². The molecule has 0 saturated heterocycles. The van der Waals surface area contributed by atoms with Gasteiger partial charge in [0, 0.05) is 5.56 Å². The van der Waals surface area contributed by atoms with E-state index in [0.29, 0.717) is 29.2 Å². The molecule has 2 aliphatic carbocycles. The van der Waals surface area contributed by atoms with Crippen molar-refractivity contribution in [2.24, 2.45) is 11.3 Å². The molecule has 41 heavy (non-hydrogen) atoms. The third-order valence-corrected chi connectivity index (χ3v) is 9.03. The first-order valence-electron chi connectivity index (χ1n) is 14.8. The molecular formula is C35H40F2O4. The molecule has 3 aromatic carbocycles. The maximum absolute atomic E-state index is 15.6. The zero-order chi connectivity index (χ0) is 29.1. The molecule has 6 heteroatoms. The first-order valence-corrected chi connectivity index (χ1v) is 14.8. The van der Waals surface area contributed by atoms with Crippen LogP contribution in [-0.4, -0.2) is 18.2 Å². The molecule has 0 aromatic heterocycles. The van der Waals surface area contributed by atoms with Gasteiger partial charge in [-0.25, -0.2) is 8.78 Å². The Morgan fingerprint density at radius 3 is 2.54 bits per heavy atom. The molecule has 1 N–H and O–H groups in total. The number of carboxylic acid groups (broad SMARTS) is 1. The topological polar surface area (TPSA) is 55.8 Å². The fraction of sp³-hybridized carbons (Fsp3) is 0.457. The second-order valence-electron chi connectivity index (χ2n) is 12.5. The minimum Gasteiger partial charge on any atom is -0.497 e. The average Bonchev–Trinajstić information content (AvgIpc) is 3.76. The summed E-state index contributed by atoms with van der Waals surface area (Å²) >= 11 is 0. The Labute approximate surface area is 241 Å². The number of benzene rings is 3. The minimum absolute atomic E-state index is 0.0446. The van der Waals surface area contributed by atoms with E-state index in [2.05, 4.69) is 19.9 Å². The highest BCUT2D eigenvalue weighted by Crippen LogP contribution is 2.50. The van der Waals surface area contributed by atoms with Gasteiger partial charge < -0.3 is 14.6 Å². The molecule has 0 aliphatic heterocycles. The number of methoxy groups -OCH3 is 1. The minimum atomic E-state index is -0.924. The van der Waals surface area contributed by atoms with E-state index >= 15 is 8.78 Å². The van der Waals surface area contributed by atoms with Crippen molar-refractivity contribution < 1.29 is 28.2 Å². The lowest BCUT2D eigenvalue weighted by molar-refractivity contribution is -0.137. The van der Waals surface area contributed by atoms with E-state index in [-0.39, 0.29) is 41.8 Å². The number of carbonyl (C=O) groups is 1. The molecule has 0 amide bonds. The summed E-state index contributed by atoms with van der Waals surface area (Å²) in [6, 6.07) is 15.8. The zero-order valence-corrected chi connectivity index (χ0v) is 24.2. The van der Waals surface area contributed by atoms with Crippen LogP contribution >= 0.6 is 0 Å². The van der Waals surface area contributed by atoms with Gasteiger partial charge in [0.1, 0.15) is 18.2 Å². The Balaban J connectivity index is 1.45. The van der Waals surface area contributed by atoms with E-state index in [1.54, 1.807) is 37.4 Å². The molecule has 5 rings (SSSR count). The van der Waals surface area contributed by atoms with Gasteiger partial charge in [0.15, 0.2) is 11.6 Å². The van der Waals surface area contributed by atoms with E-state index in [9.17, 15) is 9.90 Å². The lowest BCUT2D eigenvalue weighted by Gasteiger charge is -2.40. The van der Waals surface area contributed by atoms with Gasteiger partial charge in [-0.3, -0.25) is 4.79 Å². The van der Waals surface area contributed by atoms with E-state index in [0.717, 1.165) is 48.8 Å². The normalized spacial score (nSPS) is 19.0. The van der Waals surface area contributed by atoms with Gasteiger partial charge in [-0.2, -0.15) is 0 Å². The van der Waals surface area contributed by atoms with Crippen molar-refractivity contribution in [2.75, 3.05) is 7.11 Å². The monoisotopic (exact) mass is 562 g/mol. The van der Waals surface area contributed by atoms with Crippen LogP contribution < -0.4 is 9.47 Å². The second kappa shape index (κ2) is 12.2. The molecule has 3 aromatic rings. The van der Waals surface area contributed by atoms with Crippen molar-refractivity contribution in [1.82, 2.24) is 0 Å². The standard InChI is InChI=1S/C35H40F2O4/c1-35(2)16-5-4-8-30(35)28-18-23(12-14-27(28)29-20-25(40-3)13-15-31(29)36)21-41-32-9-6-7-26(34(32)37)24(19-33(38)39)17-22-10-11-22/h6-7,9,12-15,18,20,22,24,30H,4-5,8,10-11,16-17,19,21H2,1-3H3,(H,38,39)/t24-,30-/m0/s1. The summed E-state index contributed by atoms with van der Waals surface area (Å²) in [4.78, 5) is 11.5. The summed E-state index contributed by atoms with van der Waals surface area (Å²) in [6.07, 6.45) is 7.12. The highest BCUT2D eigenvalue weighted by atomic mass is 19.1. The van der Waals surface area contributed by atoms with Gasteiger partial charge in [0.2, 0.25) is 0 Å². The van der Waals surface area contributed by atoms with Crippen molar-refractivity contribution in [1.29, 1.82) is 0 Å². The number of aliphatic carboxylic acids is 1. The fourth-order valence-corrected chi connectivity index (χ4v) is 6.55. The van der Waals surface area contributed by atoms with E-state index in [1.165, 1.54) is 12.5 Å². The van der Waals surface area contributed by atoms with Gasteiger partial charge in [-0.1, -0.05) is 69.9 Å². The van der Waals surface area contributed by atoms with Gasteiger partial charge in [-0.15, -0.1) is 0 Å². The lowest BCUT2D eigenvalue weighted by atomic mass is 9.65. The molecule has 2 atom stereocenters. The smallest absolute Gasteiger partial charge is 0.303 e. The number of hydrogen-bond acceptors (Lipinski definition) is 3. The Kier molecular flexibility index (Phi) is 8.67. The molecule has 2 fully saturated rings. The summed E-state index contributed by atoms with van der Waals surface area (Å²) in [5, 5.41) is 9.43. The van der Waals surface area contributed by atoms with Crippen LogP contribution in [-0.2, 0) is 11.4 Å². The second-order valence-corrected chi connectivity index (χ2v) is 12.5. The number of hydrogen-bond donors (Lipinski definition) is 1. The SMILES string of the molecule is COc1ccc(F)c(-c2ccc(COc3cccc([C@H](CC(=O)O)CC4CC4)c3F)cc2[C@@H]2CCCCC2(C)C)c1. The predicted octanol–water partition coefficient (Wildman–Crippen LogP) is 9.26. The first-order chi connectivity index (χ1) is 19.7. The summed E-state index contributed by atoms with van der Waals surface area (Å²) in [6.45, 7) is 4.71. The zero-order valence-electron chi connectivity index (χ0n) is 24.2. The summed E-state index contributed by atoms with van der Waals surface area (Å²) in [5.74, 6) is -0.659. The van der Waals surface area contributed by atoms with E-state index in [1.807, 2.05) is 12.1 Å². The Bertz CT molecular complexity index is 1390. The molecule has 0 radical (unpaired) electrons. The Hall–Kier alpha value is -3.41. The number of halogens is 2. The van der Waals surface area contributed by atoms with Crippen LogP contribution in [0, 0.1) is 23.0 Å². The van der Waals surface area contributed by atoms with E-state index in [4.69, 9.17) is 9.47 Å². The largest absolute Gasteiger partial charge is 0.497 e. The van der Waals surface area contributed by atoms with Crippen LogP contribution in [0.25, 0.3) is 11.1 Å². The molecule has 0 bridgehead atoms. The number of carboxylic acids is 1. The predicted molar refractivity (Wildman–Crippen MR) is 156 cm³/mol. The lowest BCUT2D eigenvalue weighted by Crippen LogP contribution is -2.26. The molecule has 0 unspecified atom stereocenters. The third-order valence-electron chi connectivity index (χ3n) is 9.03. The van der Waals surface area contributed by atoms with Gasteiger partial charge >= 0.3 is 5.97 Å². The summed E-state index contributed by atoms with van der Waals surface area (Å²) in [7, 11) is 1.58. The van der Waals surface area contributed by atoms with Crippen molar-refractivity contribution in [3.63, 3.8) is 0 Å². The maximum Gasteiger partial charge on any atom is 0.303 e. The highest BCUT2D eigenvalue weighted by molar-refractivity contribution is 5.71. The molecule has 0 spiro atoms. The highest BCUT2D eigenvalue weighted by Gasteiger charge is 2.35. The van der Waals surface area contributed by atoms with Crippen LogP contribution in [0.3, 0.4) is 0 Å². The van der Waals surface area contributed by atoms with Gasteiger partial charge in [0.05, 0.1) is 13.5 Å². The first kappa shape index (κ1) is 29.1. The van der Waals surface area contributed by atoms with Crippen molar-refractivity contribution in [3.8, 4) is 22.6 Å². The van der Waals surface area contributed by atoms with Crippen LogP contribution in [0.2, 0.25) is 0 Å². The van der Waals surface area contributed by atoms with E-state index < -0.39 is 11.8 Å². The van der Waals surface area contributed by atoms with Crippen molar-refractivity contribution >= 4 is 5.97 Å². The van der Waals surface area contributed by atoms with Crippen LogP contribution in [0.15, 0.2) is 54.6 Å². The molecule has 2 aliphatic rings. The number of ether oxygens (including phenoxy) is 2. The average molecular weight is 563 g/mol. The third kappa shape index (κ3) is 6.74. The molecule has 2 saturated carbocycles. The Morgan fingerprint density at radius 2 is 1.83 bits per heavy atom. The number of rotatable bonds is 11. The summed E-state index contributed by atoms with van der Waals surface area (Å²) < 4.78 is 42.2. The molecule has 218 valence electrons. The quantitative estimate of drug-likeness (QED) is 0.253. The molecule has 4 nitrogen and oxygen atoms in total. The summed E-state index contributed by atoms with van der Waals surface area (Å²) in [5.41, 5.74) is 3.75. The van der Waals surface area contributed by atoms with Crippen LogP contribution in [0.5, 0.6) is 11.5 Å². The fourth-order valence-electron chi connectivity index (χ4n) is 6.55. The Morgan fingerprint density at radius 1 is 1.02 bits per heavy atom. The van der Waals surface area contributed by atoms with Gasteiger partial charge in [0.25, 0.3) is 0 Å². The van der Waals surface area contributed by atoms with Crippen LogP contribution in [0.4, 0.5) is 8.78 Å². The molecular weight excluding hydrogens is 522 g/mol. The van der Waals surface area contributed by atoms with Crippen molar-refractivity contribution in [3.05, 3.63) is 82.9 Å². The van der Waals surface area contributed by atoms with Gasteiger partial charge in [-0.05, 0) is 89.0 Å². The molecule has 0 heterocycles. The van der Waals surface area contributed by atoms with Crippen LogP contribution in [0.1, 0.15) is 93.7 Å². The maximum atomic E-state index is 15.6.